The molecule has 0 atom stereocenters. The second-order valence-electron chi connectivity index (χ2n) is 5.79. The van der Waals surface area contributed by atoms with Gasteiger partial charge < -0.3 is 4.90 Å². The standard InChI is InChI=1S/C16H23N5/c1-21(12-8-4-2-3-5-9-12)15-13-10-6-7-11-14(13)18-16(19-15)20-17/h6-7,10-12H,2-5,8-9,17H2,1H3,(H,18,19,20). The van der Waals surface area contributed by atoms with Gasteiger partial charge in [0.05, 0.1) is 5.52 Å². The summed E-state index contributed by atoms with van der Waals surface area (Å²) in [6, 6.07) is 8.66. The van der Waals surface area contributed by atoms with Crippen LogP contribution in [-0.2, 0) is 0 Å². The van der Waals surface area contributed by atoms with Crippen LogP contribution < -0.4 is 16.2 Å². The minimum Gasteiger partial charge on any atom is -0.356 e. The zero-order chi connectivity index (χ0) is 14.7. The third-order valence-corrected chi connectivity index (χ3v) is 4.42. The first kappa shape index (κ1) is 14.1. The molecule has 0 saturated heterocycles. The average Bonchev–Trinajstić information content (AvgIpc) is 2.82. The lowest BCUT2D eigenvalue weighted by Gasteiger charge is -2.29. The molecule has 1 aliphatic carbocycles. The van der Waals surface area contributed by atoms with Gasteiger partial charge in [0.15, 0.2) is 0 Å². The highest BCUT2D eigenvalue weighted by atomic mass is 15.3. The van der Waals surface area contributed by atoms with Crippen LogP contribution in [0, 0.1) is 0 Å². The zero-order valence-electron chi connectivity index (χ0n) is 12.5. The molecule has 5 heteroatoms. The van der Waals surface area contributed by atoms with E-state index in [1.165, 1.54) is 38.5 Å². The number of benzene rings is 1. The number of aromatic nitrogens is 2. The maximum atomic E-state index is 5.52. The molecule has 112 valence electrons. The molecule has 0 unspecified atom stereocenters. The van der Waals surface area contributed by atoms with Gasteiger partial charge in [-0.3, -0.25) is 5.43 Å². The predicted molar refractivity (Wildman–Crippen MR) is 87.2 cm³/mol. The van der Waals surface area contributed by atoms with E-state index in [9.17, 15) is 0 Å². The summed E-state index contributed by atoms with van der Waals surface area (Å²) in [5, 5.41) is 1.09. The lowest BCUT2D eigenvalue weighted by molar-refractivity contribution is 0.550. The monoisotopic (exact) mass is 285 g/mol. The number of hydrazine groups is 1. The van der Waals surface area contributed by atoms with Gasteiger partial charge in [-0.05, 0) is 25.0 Å². The molecule has 3 rings (SSSR count). The number of anilines is 2. The van der Waals surface area contributed by atoms with Gasteiger partial charge in [-0.15, -0.1) is 0 Å². The number of fused-ring (bicyclic) bond motifs is 1. The summed E-state index contributed by atoms with van der Waals surface area (Å²) in [6.45, 7) is 0. The van der Waals surface area contributed by atoms with E-state index in [-0.39, 0.29) is 0 Å². The van der Waals surface area contributed by atoms with Crippen LogP contribution >= 0.6 is 0 Å². The topological polar surface area (TPSA) is 67.1 Å². The van der Waals surface area contributed by atoms with Crippen molar-refractivity contribution in [1.29, 1.82) is 0 Å². The lowest BCUT2D eigenvalue weighted by Crippen LogP contribution is -2.32. The van der Waals surface area contributed by atoms with E-state index in [1.807, 2.05) is 18.2 Å². The Labute approximate surface area is 125 Å². The van der Waals surface area contributed by atoms with Crippen LogP contribution in [0.15, 0.2) is 24.3 Å². The summed E-state index contributed by atoms with van der Waals surface area (Å²) in [5.41, 5.74) is 3.51. The van der Waals surface area contributed by atoms with Crippen LogP contribution in [0.5, 0.6) is 0 Å². The highest BCUT2D eigenvalue weighted by Crippen LogP contribution is 2.29. The fourth-order valence-electron chi connectivity index (χ4n) is 3.21. The van der Waals surface area contributed by atoms with E-state index in [4.69, 9.17) is 5.84 Å². The predicted octanol–water partition coefficient (Wildman–Crippen LogP) is 3.07. The van der Waals surface area contributed by atoms with Crippen molar-refractivity contribution in [2.75, 3.05) is 17.4 Å². The molecule has 1 fully saturated rings. The van der Waals surface area contributed by atoms with Gasteiger partial charge in [0, 0.05) is 18.5 Å². The third-order valence-electron chi connectivity index (χ3n) is 4.42. The molecule has 1 heterocycles. The lowest BCUT2D eigenvalue weighted by atomic mass is 10.1. The number of rotatable bonds is 3. The highest BCUT2D eigenvalue weighted by Gasteiger charge is 2.20. The van der Waals surface area contributed by atoms with Crippen molar-refractivity contribution in [2.24, 2.45) is 5.84 Å². The Morgan fingerprint density at radius 1 is 1.10 bits per heavy atom. The van der Waals surface area contributed by atoms with Crippen molar-refractivity contribution in [1.82, 2.24) is 9.97 Å². The molecular formula is C16H23N5. The van der Waals surface area contributed by atoms with E-state index >= 15 is 0 Å². The average molecular weight is 285 g/mol. The summed E-state index contributed by atoms with van der Waals surface area (Å²) in [5.74, 6) is 6.97. The summed E-state index contributed by atoms with van der Waals surface area (Å²) in [6.07, 6.45) is 7.79. The molecule has 21 heavy (non-hydrogen) atoms. The molecule has 0 aliphatic heterocycles. The SMILES string of the molecule is CN(c1nc(NN)nc2ccccc12)C1CCCCCC1. The number of hydrogen-bond donors (Lipinski definition) is 2. The minimum absolute atomic E-state index is 0.476. The number of nitrogens with one attached hydrogen (secondary N) is 1. The Balaban J connectivity index is 2.01. The van der Waals surface area contributed by atoms with E-state index in [0.29, 0.717) is 12.0 Å². The number of nitrogens with zero attached hydrogens (tertiary/aromatic N) is 3. The van der Waals surface area contributed by atoms with Gasteiger partial charge in [0.2, 0.25) is 5.95 Å². The molecule has 0 bridgehead atoms. The van der Waals surface area contributed by atoms with Gasteiger partial charge in [0.1, 0.15) is 5.82 Å². The molecule has 2 aromatic rings. The second kappa shape index (κ2) is 6.26. The number of nitrogens with two attached hydrogens (primary N) is 1. The Morgan fingerprint density at radius 3 is 2.52 bits per heavy atom. The maximum Gasteiger partial charge on any atom is 0.239 e. The summed E-state index contributed by atoms with van der Waals surface area (Å²) >= 11 is 0. The van der Waals surface area contributed by atoms with E-state index in [0.717, 1.165) is 16.7 Å². The quantitative estimate of drug-likeness (QED) is 0.515. The van der Waals surface area contributed by atoms with Gasteiger partial charge in [-0.25, -0.2) is 10.8 Å². The molecule has 5 nitrogen and oxygen atoms in total. The van der Waals surface area contributed by atoms with Crippen LogP contribution in [0.4, 0.5) is 11.8 Å². The molecule has 1 aromatic carbocycles. The second-order valence-corrected chi connectivity index (χ2v) is 5.79. The largest absolute Gasteiger partial charge is 0.356 e. The van der Waals surface area contributed by atoms with E-state index in [1.54, 1.807) is 0 Å². The van der Waals surface area contributed by atoms with E-state index in [2.05, 4.69) is 33.4 Å². The molecule has 1 aliphatic rings. The number of hydrogen-bond acceptors (Lipinski definition) is 5. The van der Waals surface area contributed by atoms with Gasteiger partial charge in [-0.2, -0.15) is 4.98 Å². The minimum atomic E-state index is 0.476. The fourth-order valence-corrected chi connectivity index (χ4v) is 3.21. The normalized spacial score (nSPS) is 16.7. The summed E-state index contributed by atoms with van der Waals surface area (Å²) < 4.78 is 0. The number of nitrogen functional groups attached to an aromatic ring is 1. The fraction of sp³-hybridized carbons (Fsp3) is 0.500. The van der Waals surface area contributed by atoms with Gasteiger partial charge in [0.25, 0.3) is 0 Å². The maximum absolute atomic E-state index is 5.52. The van der Waals surface area contributed by atoms with Crippen LogP contribution in [0.25, 0.3) is 10.9 Å². The highest BCUT2D eigenvalue weighted by molar-refractivity contribution is 5.90. The molecule has 0 spiro atoms. The van der Waals surface area contributed by atoms with Crippen molar-refractivity contribution >= 4 is 22.7 Å². The van der Waals surface area contributed by atoms with E-state index < -0.39 is 0 Å². The summed E-state index contributed by atoms with van der Waals surface area (Å²) in [4.78, 5) is 11.3. The smallest absolute Gasteiger partial charge is 0.239 e. The third kappa shape index (κ3) is 2.93. The Kier molecular flexibility index (Phi) is 4.20. The molecule has 0 amide bonds. The number of para-hydroxylation sites is 1. The molecule has 1 aromatic heterocycles. The molecular weight excluding hydrogens is 262 g/mol. The van der Waals surface area contributed by atoms with Crippen molar-refractivity contribution in [3.8, 4) is 0 Å². The Morgan fingerprint density at radius 2 is 1.81 bits per heavy atom. The first-order valence-electron chi connectivity index (χ1n) is 7.76. The molecule has 0 radical (unpaired) electrons. The summed E-state index contributed by atoms with van der Waals surface area (Å²) in [7, 11) is 2.14. The van der Waals surface area contributed by atoms with Crippen molar-refractivity contribution < 1.29 is 0 Å². The zero-order valence-corrected chi connectivity index (χ0v) is 12.5. The first-order valence-corrected chi connectivity index (χ1v) is 7.76. The Bertz CT molecular complexity index is 605. The van der Waals surface area contributed by atoms with Crippen molar-refractivity contribution in [2.45, 2.75) is 44.6 Å². The van der Waals surface area contributed by atoms with Crippen molar-refractivity contribution in [3.63, 3.8) is 0 Å². The van der Waals surface area contributed by atoms with Gasteiger partial charge >= 0.3 is 0 Å². The van der Waals surface area contributed by atoms with Crippen LogP contribution in [0.2, 0.25) is 0 Å². The van der Waals surface area contributed by atoms with Crippen LogP contribution in [-0.4, -0.2) is 23.1 Å². The van der Waals surface area contributed by atoms with Crippen LogP contribution in [0.1, 0.15) is 38.5 Å². The van der Waals surface area contributed by atoms with Gasteiger partial charge in [-0.1, -0.05) is 37.8 Å². The van der Waals surface area contributed by atoms with Crippen LogP contribution in [0.3, 0.4) is 0 Å². The first-order chi connectivity index (χ1) is 10.3. The van der Waals surface area contributed by atoms with Crippen molar-refractivity contribution in [3.05, 3.63) is 24.3 Å². The molecule has 1 saturated carbocycles. The Hall–Kier alpha value is -1.88. The molecule has 3 N–H and O–H groups in total.